The number of halogens is 2. The maximum atomic E-state index is 13.3. The number of carbonyl (C=O) groups excluding carboxylic acids is 1. The molecule has 0 atom stereocenters. The van der Waals surface area contributed by atoms with E-state index in [1.165, 1.54) is 10.9 Å². The third kappa shape index (κ3) is 3.59. The van der Waals surface area contributed by atoms with Gasteiger partial charge in [0.2, 0.25) is 0 Å². The number of nitrogens with zero attached hydrogens (tertiary/aromatic N) is 3. The first-order chi connectivity index (χ1) is 9.97. The quantitative estimate of drug-likeness (QED) is 0.846. The molecular weight excluding hydrogens is 286 g/mol. The molecule has 0 aliphatic carbocycles. The highest BCUT2D eigenvalue weighted by atomic mass is 19.1. The molecule has 0 spiro atoms. The lowest BCUT2D eigenvalue weighted by Gasteiger charge is -2.06. The maximum absolute atomic E-state index is 13.3. The van der Waals surface area contributed by atoms with Crippen molar-refractivity contribution in [2.24, 2.45) is 0 Å². The van der Waals surface area contributed by atoms with Gasteiger partial charge in [-0.05, 0) is 18.2 Å². The Morgan fingerprint density at radius 1 is 1.33 bits per heavy atom. The number of aromatic carboxylic acids is 1. The zero-order chi connectivity index (χ0) is 15.4. The van der Waals surface area contributed by atoms with Gasteiger partial charge in [0.25, 0.3) is 5.91 Å². The van der Waals surface area contributed by atoms with Crippen LogP contribution in [0.4, 0.5) is 8.78 Å². The van der Waals surface area contributed by atoms with E-state index in [0.29, 0.717) is 0 Å². The van der Waals surface area contributed by atoms with Crippen molar-refractivity contribution in [2.75, 3.05) is 6.54 Å². The van der Waals surface area contributed by atoms with Crippen LogP contribution in [0.3, 0.4) is 0 Å². The Morgan fingerprint density at radius 3 is 2.76 bits per heavy atom. The first-order valence-corrected chi connectivity index (χ1v) is 5.84. The van der Waals surface area contributed by atoms with Crippen LogP contribution in [0.5, 0.6) is 0 Å². The van der Waals surface area contributed by atoms with E-state index in [0.717, 1.165) is 18.2 Å². The standard InChI is InChI=1S/C12H10F2N4O3/c13-7-1-2-9(14)8(5-7)11(19)15-3-4-18-6-10(12(20)21)16-17-18/h1-2,5-6H,3-4H2,(H,15,19)(H,20,21). The zero-order valence-electron chi connectivity index (χ0n) is 10.6. The van der Waals surface area contributed by atoms with Gasteiger partial charge < -0.3 is 10.4 Å². The van der Waals surface area contributed by atoms with Crippen LogP contribution in [-0.4, -0.2) is 38.5 Å². The Kier molecular flexibility index (Phi) is 4.21. The molecule has 0 aliphatic rings. The van der Waals surface area contributed by atoms with Gasteiger partial charge >= 0.3 is 5.97 Å². The molecule has 1 heterocycles. The summed E-state index contributed by atoms with van der Waals surface area (Å²) in [6.07, 6.45) is 1.19. The van der Waals surface area contributed by atoms with E-state index in [2.05, 4.69) is 15.6 Å². The summed E-state index contributed by atoms with van der Waals surface area (Å²) in [6, 6.07) is 2.57. The number of aromatic nitrogens is 3. The molecule has 2 aromatic rings. The lowest BCUT2D eigenvalue weighted by atomic mass is 10.2. The van der Waals surface area contributed by atoms with E-state index in [9.17, 15) is 18.4 Å². The summed E-state index contributed by atoms with van der Waals surface area (Å²) in [5.41, 5.74) is -0.627. The second-order valence-corrected chi connectivity index (χ2v) is 4.05. The summed E-state index contributed by atoms with van der Waals surface area (Å²) < 4.78 is 27.5. The summed E-state index contributed by atoms with van der Waals surface area (Å²) in [6.45, 7) is 0.195. The minimum Gasteiger partial charge on any atom is -0.476 e. The van der Waals surface area contributed by atoms with Crippen LogP contribution in [0.2, 0.25) is 0 Å². The van der Waals surface area contributed by atoms with Crippen LogP contribution in [0.15, 0.2) is 24.4 Å². The number of rotatable bonds is 5. The molecule has 1 aromatic carbocycles. The smallest absolute Gasteiger partial charge is 0.358 e. The molecule has 0 aliphatic heterocycles. The third-order valence-corrected chi connectivity index (χ3v) is 2.56. The van der Waals surface area contributed by atoms with Gasteiger partial charge in [0, 0.05) is 6.54 Å². The van der Waals surface area contributed by atoms with Crippen molar-refractivity contribution >= 4 is 11.9 Å². The summed E-state index contributed by atoms with van der Waals surface area (Å²) in [5, 5.41) is 18.0. The van der Waals surface area contributed by atoms with E-state index in [1.807, 2.05) is 0 Å². The van der Waals surface area contributed by atoms with E-state index >= 15 is 0 Å². The predicted octanol–water partition coefficient (Wildman–Crippen LogP) is 0.684. The average Bonchev–Trinajstić information content (AvgIpc) is 2.90. The molecule has 0 saturated carbocycles. The van der Waals surface area contributed by atoms with Gasteiger partial charge in [-0.2, -0.15) is 0 Å². The zero-order valence-corrected chi connectivity index (χ0v) is 10.6. The fourth-order valence-electron chi connectivity index (χ4n) is 1.56. The highest BCUT2D eigenvalue weighted by Crippen LogP contribution is 2.09. The monoisotopic (exact) mass is 296 g/mol. The van der Waals surface area contributed by atoms with E-state index in [4.69, 9.17) is 5.11 Å². The fourth-order valence-corrected chi connectivity index (χ4v) is 1.56. The highest BCUT2D eigenvalue weighted by Gasteiger charge is 2.13. The third-order valence-electron chi connectivity index (χ3n) is 2.56. The van der Waals surface area contributed by atoms with Gasteiger partial charge in [0.1, 0.15) is 11.6 Å². The molecule has 9 heteroatoms. The van der Waals surface area contributed by atoms with Crippen molar-refractivity contribution in [1.82, 2.24) is 20.3 Å². The number of carbonyl (C=O) groups is 2. The molecule has 110 valence electrons. The number of benzene rings is 1. The molecule has 0 bridgehead atoms. The van der Waals surface area contributed by atoms with Gasteiger partial charge in [-0.25, -0.2) is 18.3 Å². The van der Waals surface area contributed by atoms with Crippen LogP contribution in [0, 0.1) is 11.6 Å². The molecule has 2 N–H and O–H groups in total. The first-order valence-electron chi connectivity index (χ1n) is 5.84. The van der Waals surface area contributed by atoms with E-state index in [-0.39, 0.29) is 18.8 Å². The average molecular weight is 296 g/mol. The van der Waals surface area contributed by atoms with Crippen LogP contribution in [0.25, 0.3) is 0 Å². The normalized spacial score (nSPS) is 10.4. The summed E-state index contributed by atoms with van der Waals surface area (Å²) >= 11 is 0. The molecule has 21 heavy (non-hydrogen) atoms. The first kappa shape index (κ1) is 14.6. The van der Waals surface area contributed by atoms with Crippen LogP contribution in [0.1, 0.15) is 20.8 Å². The number of amides is 1. The fraction of sp³-hybridized carbons (Fsp3) is 0.167. The number of hydrogen-bond donors (Lipinski definition) is 2. The second kappa shape index (κ2) is 6.07. The molecule has 1 aromatic heterocycles. The molecule has 0 saturated heterocycles. The van der Waals surface area contributed by atoms with Crippen molar-refractivity contribution < 1.29 is 23.5 Å². The molecule has 0 unspecified atom stereocenters. The van der Waals surface area contributed by atoms with E-state index < -0.39 is 29.1 Å². The lowest BCUT2D eigenvalue weighted by Crippen LogP contribution is -2.28. The Balaban J connectivity index is 1.92. The summed E-state index contributed by atoms with van der Waals surface area (Å²) in [7, 11) is 0. The number of hydrogen-bond acceptors (Lipinski definition) is 4. The number of carboxylic acid groups (broad SMARTS) is 1. The van der Waals surface area contributed by atoms with Crippen molar-refractivity contribution in [3.8, 4) is 0 Å². The molecule has 1 amide bonds. The van der Waals surface area contributed by atoms with Crippen molar-refractivity contribution in [2.45, 2.75) is 6.54 Å². The SMILES string of the molecule is O=C(O)c1cn(CCNC(=O)c2cc(F)ccc2F)nn1. The molecule has 7 nitrogen and oxygen atoms in total. The Labute approximate surface area is 117 Å². The molecule has 0 radical (unpaired) electrons. The van der Waals surface area contributed by atoms with Gasteiger partial charge in [-0.15, -0.1) is 5.10 Å². The van der Waals surface area contributed by atoms with Gasteiger partial charge in [-0.1, -0.05) is 5.21 Å². The largest absolute Gasteiger partial charge is 0.476 e. The predicted molar refractivity (Wildman–Crippen MR) is 65.7 cm³/mol. The molecular formula is C12H10F2N4O3. The minimum absolute atomic E-state index is 0.0528. The van der Waals surface area contributed by atoms with Crippen LogP contribution in [-0.2, 0) is 6.54 Å². The Morgan fingerprint density at radius 2 is 2.10 bits per heavy atom. The topological polar surface area (TPSA) is 97.1 Å². The summed E-state index contributed by atoms with van der Waals surface area (Å²) in [5.74, 6) is -3.54. The molecule has 0 fully saturated rings. The van der Waals surface area contributed by atoms with Crippen molar-refractivity contribution in [3.63, 3.8) is 0 Å². The maximum Gasteiger partial charge on any atom is 0.358 e. The number of nitrogens with one attached hydrogen (secondary N) is 1. The van der Waals surface area contributed by atoms with Crippen LogP contribution >= 0.6 is 0 Å². The number of carboxylic acids is 1. The minimum atomic E-state index is -1.22. The molecule has 2 rings (SSSR count). The second-order valence-electron chi connectivity index (χ2n) is 4.05. The Bertz CT molecular complexity index is 687. The van der Waals surface area contributed by atoms with Gasteiger partial charge in [0.05, 0.1) is 18.3 Å². The van der Waals surface area contributed by atoms with Crippen molar-refractivity contribution in [3.05, 3.63) is 47.3 Å². The van der Waals surface area contributed by atoms with Gasteiger partial charge in [0.15, 0.2) is 5.69 Å². The highest BCUT2D eigenvalue weighted by molar-refractivity contribution is 5.94. The van der Waals surface area contributed by atoms with Gasteiger partial charge in [-0.3, -0.25) is 4.79 Å². The van der Waals surface area contributed by atoms with Crippen LogP contribution < -0.4 is 5.32 Å². The lowest BCUT2D eigenvalue weighted by molar-refractivity contribution is 0.0690. The summed E-state index contributed by atoms with van der Waals surface area (Å²) in [4.78, 5) is 22.3. The van der Waals surface area contributed by atoms with E-state index in [1.54, 1.807) is 0 Å². The van der Waals surface area contributed by atoms with Crippen molar-refractivity contribution in [1.29, 1.82) is 0 Å². The Hall–Kier alpha value is -2.84.